The zero-order valence-corrected chi connectivity index (χ0v) is 16.1. The second-order valence-electron chi connectivity index (χ2n) is 7.09. The third-order valence-electron chi connectivity index (χ3n) is 4.64. The number of aliphatic hydroxyl groups excluding tert-OH is 1. The van der Waals surface area contributed by atoms with Crippen molar-refractivity contribution < 1.29 is 57.8 Å². The number of rotatable bonds is 15. The topological polar surface area (TPSA) is 20.2 Å². The van der Waals surface area contributed by atoms with E-state index >= 15 is 0 Å². The Hall–Kier alpha value is -0.880. The lowest BCUT2D eigenvalue weighted by Gasteiger charge is -2.41. The van der Waals surface area contributed by atoms with Gasteiger partial charge in [-0.2, -0.15) is 52.7 Å². The van der Waals surface area contributed by atoms with Crippen LogP contribution in [0.3, 0.4) is 0 Å². The van der Waals surface area contributed by atoms with Gasteiger partial charge in [-0.05, 0) is 6.42 Å². The Kier molecular flexibility index (Phi) is 9.86. The van der Waals surface area contributed by atoms with Crippen molar-refractivity contribution in [1.29, 1.82) is 0 Å². The van der Waals surface area contributed by atoms with Crippen LogP contribution in [0.2, 0.25) is 0 Å². The molecule has 0 saturated heterocycles. The monoisotopic (exact) mass is 472 g/mol. The van der Waals surface area contributed by atoms with Gasteiger partial charge in [0.15, 0.2) is 0 Å². The predicted molar refractivity (Wildman–Crippen MR) is 84.0 cm³/mol. The van der Waals surface area contributed by atoms with E-state index in [4.69, 9.17) is 5.11 Å². The van der Waals surface area contributed by atoms with E-state index in [0.717, 1.165) is 19.3 Å². The third-order valence-corrected chi connectivity index (χ3v) is 4.64. The summed E-state index contributed by atoms with van der Waals surface area (Å²) >= 11 is 0. The maximum atomic E-state index is 13.6. The van der Waals surface area contributed by atoms with Crippen LogP contribution in [0.25, 0.3) is 0 Å². The Morgan fingerprint density at radius 1 is 0.467 bits per heavy atom. The smallest absolute Gasteiger partial charge is 0.384 e. The fourth-order valence-electron chi connectivity index (χ4n) is 2.59. The average Bonchev–Trinajstić information content (AvgIpc) is 2.62. The van der Waals surface area contributed by atoms with E-state index in [2.05, 4.69) is 0 Å². The second-order valence-corrected chi connectivity index (χ2v) is 7.09. The van der Waals surface area contributed by atoms with Crippen molar-refractivity contribution >= 4 is 0 Å². The summed E-state index contributed by atoms with van der Waals surface area (Å²) in [7, 11) is 0. The quantitative estimate of drug-likeness (QED) is 0.196. The van der Waals surface area contributed by atoms with Crippen LogP contribution in [0, 0.1) is 0 Å². The van der Waals surface area contributed by atoms with Crippen LogP contribution in [-0.2, 0) is 0 Å². The molecule has 0 fully saturated rings. The van der Waals surface area contributed by atoms with Crippen LogP contribution in [0.5, 0.6) is 0 Å². The van der Waals surface area contributed by atoms with E-state index in [1.165, 1.54) is 0 Å². The first-order valence-corrected chi connectivity index (χ1v) is 9.25. The van der Waals surface area contributed by atoms with Crippen LogP contribution < -0.4 is 0 Å². The van der Waals surface area contributed by atoms with Crippen molar-refractivity contribution in [3.05, 3.63) is 0 Å². The number of halogens is 12. The van der Waals surface area contributed by atoms with E-state index in [9.17, 15) is 52.7 Å². The highest BCUT2D eigenvalue weighted by Gasteiger charge is 2.89. The minimum absolute atomic E-state index is 0.140. The summed E-state index contributed by atoms with van der Waals surface area (Å²) < 4.78 is 160. The molecule has 0 radical (unpaired) electrons. The van der Waals surface area contributed by atoms with Crippen LogP contribution in [-0.4, -0.2) is 47.2 Å². The van der Waals surface area contributed by atoms with E-state index in [-0.39, 0.29) is 12.8 Å². The summed E-state index contributed by atoms with van der Waals surface area (Å²) in [5.74, 6) is -41.6. The first-order valence-electron chi connectivity index (χ1n) is 9.25. The van der Waals surface area contributed by atoms with Gasteiger partial charge in [0, 0.05) is 6.42 Å². The van der Waals surface area contributed by atoms with Crippen LogP contribution in [0.4, 0.5) is 52.7 Å². The molecule has 0 rings (SSSR count). The SMILES string of the molecule is CCCCCCCCCCC(F)(F)C(F)(F)C(F)(F)C(F)(F)C(F)(F)C(F)(F)CO. The summed E-state index contributed by atoms with van der Waals surface area (Å²) in [5.41, 5.74) is 0. The van der Waals surface area contributed by atoms with E-state index in [1.54, 1.807) is 0 Å². The molecule has 0 bridgehead atoms. The first-order chi connectivity index (χ1) is 13.4. The molecule has 0 saturated carbocycles. The second kappa shape index (κ2) is 10.2. The third kappa shape index (κ3) is 5.48. The molecule has 0 amide bonds. The molecule has 182 valence electrons. The van der Waals surface area contributed by atoms with Gasteiger partial charge in [0.25, 0.3) is 0 Å². The van der Waals surface area contributed by atoms with E-state index < -0.39 is 55.0 Å². The molecule has 0 unspecified atom stereocenters. The van der Waals surface area contributed by atoms with Gasteiger partial charge >= 0.3 is 35.5 Å². The number of hydrogen-bond acceptors (Lipinski definition) is 1. The fraction of sp³-hybridized carbons (Fsp3) is 1.00. The van der Waals surface area contributed by atoms with Gasteiger partial charge in [-0.1, -0.05) is 51.9 Å². The molecular weight excluding hydrogens is 448 g/mol. The lowest BCUT2D eigenvalue weighted by molar-refractivity contribution is -0.427. The number of unbranched alkanes of at least 4 members (excludes halogenated alkanes) is 7. The molecule has 0 aliphatic rings. The highest BCUT2D eigenvalue weighted by Crippen LogP contribution is 2.60. The summed E-state index contributed by atoms with van der Waals surface area (Å²) in [6.45, 7) is -1.17. The van der Waals surface area contributed by atoms with E-state index in [1.807, 2.05) is 6.92 Å². The zero-order valence-electron chi connectivity index (χ0n) is 16.1. The van der Waals surface area contributed by atoms with Gasteiger partial charge in [0.2, 0.25) is 0 Å². The summed E-state index contributed by atoms with van der Waals surface area (Å²) in [6.07, 6.45) is 1.17. The first kappa shape index (κ1) is 29.1. The largest absolute Gasteiger partial charge is 0.390 e. The summed E-state index contributed by atoms with van der Waals surface area (Å²) in [6, 6.07) is 0. The molecule has 0 aromatic rings. The maximum absolute atomic E-state index is 13.6. The minimum Gasteiger partial charge on any atom is -0.390 e. The van der Waals surface area contributed by atoms with Gasteiger partial charge < -0.3 is 5.11 Å². The van der Waals surface area contributed by atoms with Crippen molar-refractivity contribution in [1.82, 2.24) is 0 Å². The molecule has 0 aliphatic heterocycles. The summed E-state index contributed by atoms with van der Waals surface area (Å²) in [5, 5.41) is 8.01. The Morgan fingerprint density at radius 3 is 1.17 bits per heavy atom. The predicted octanol–water partition coefficient (Wildman–Crippen LogP) is 7.32. The van der Waals surface area contributed by atoms with Gasteiger partial charge in [0.1, 0.15) is 6.61 Å². The molecule has 1 nitrogen and oxygen atoms in total. The molecular formula is C17H24F12O. The Balaban J connectivity index is 5.31. The zero-order chi connectivity index (χ0) is 24.1. The highest BCUT2D eigenvalue weighted by atomic mass is 19.4. The maximum Gasteiger partial charge on any atom is 0.384 e. The van der Waals surface area contributed by atoms with Crippen molar-refractivity contribution in [2.75, 3.05) is 6.61 Å². The van der Waals surface area contributed by atoms with Crippen molar-refractivity contribution in [3.63, 3.8) is 0 Å². The molecule has 0 aromatic heterocycles. The molecule has 1 N–H and O–H groups in total. The number of hydrogen-bond donors (Lipinski definition) is 1. The minimum atomic E-state index is -7.60. The molecule has 0 aliphatic carbocycles. The average molecular weight is 472 g/mol. The fourth-order valence-corrected chi connectivity index (χ4v) is 2.59. The standard InChI is InChI=1S/C17H24F12O/c1-2-3-4-5-6-7-8-9-10-12(18,19)14(22,23)16(26,27)17(28,29)15(24,25)13(20,21)11-30/h30H,2-11H2,1H3. The van der Waals surface area contributed by atoms with Crippen LogP contribution in [0.15, 0.2) is 0 Å². The number of alkyl halides is 12. The summed E-state index contributed by atoms with van der Waals surface area (Å²) in [4.78, 5) is 0. The van der Waals surface area contributed by atoms with Crippen molar-refractivity contribution in [2.24, 2.45) is 0 Å². The molecule has 13 heteroatoms. The van der Waals surface area contributed by atoms with E-state index in [0.29, 0.717) is 12.8 Å². The molecule has 0 spiro atoms. The normalized spacial score (nSPS) is 15.0. The lowest BCUT2D eigenvalue weighted by Crippen LogP contribution is -2.71. The molecule has 0 atom stereocenters. The van der Waals surface area contributed by atoms with Crippen LogP contribution >= 0.6 is 0 Å². The Morgan fingerprint density at radius 2 is 0.800 bits per heavy atom. The highest BCUT2D eigenvalue weighted by molar-refractivity contribution is 5.11. The van der Waals surface area contributed by atoms with Gasteiger partial charge in [-0.3, -0.25) is 0 Å². The van der Waals surface area contributed by atoms with Crippen molar-refractivity contribution in [3.8, 4) is 0 Å². The molecule has 0 aromatic carbocycles. The molecule has 30 heavy (non-hydrogen) atoms. The Bertz CT molecular complexity index is 519. The van der Waals surface area contributed by atoms with Crippen LogP contribution in [0.1, 0.15) is 64.7 Å². The lowest BCUT2D eigenvalue weighted by atomic mass is 9.89. The van der Waals surface area contributed by atoms with Gasteiger partial charge in [-0.25, -0.2) is 0 Å². The molecule has 0 heterocycles. The van der Waals surface area contributed by atoms with Gasteiger partial charge in [0.05, 0.1) is 0 Å². The van der Waals surface area contributed by atoms with Crippen molar-refractivity contribution in [2.45, 2.75) is 100 Å². The van der Waals surface area contributed by atoms with Gasteiger partial charge in [-0.15, -0.1) is 0 Å². The number of aliphatic hydroxyl groups is 1. The Labute approximate surface area is 165 Å².